The van der Waals surface area contributed by atoms with Gasteiger partial charge in [-0.05, 0) is 80.8 Å². The fourth-order valence-corrected chi connectivity index (χ4v) is 5.66. The number of benzene rings is 1. The molecule has 0 unspecified atom stereocenters. The molecular formula is C25H38F2O. The molecule has 3 rings (SSSR count). The molecule has 1 nitrogen and oxygen atoms in total. The van der Waals surface area contributed by atoms with Crippen molar-refractivity contribution in [1.29, 1.82) is 0 Å². The van der Waals surface area contributed by atoms with Gasteiger partial charge in [0.2, 0.25) is 5.82 Å². The van der Waals surface area contributed by atoms with Gasteiger partial charge in [-0.3, -0.25) is 0 Å². The third-order valence-corrected chi connectivity index (χ3v) is 7.36. The van der Waals surface area contributed by atoms with E-state index in [1.807, 2.05) is 0 Å². The van der Waals surface area contributed by atoms with Crippen LogP contribution in [0.2, 0.25) is 0 Å². The summed E-state index contributed by atoms with van der Waals surface area (Å²) in [6.45, 7) is 4.41. The van der Waals surface area contributed by atoms with E-state index in [4.69, 9.17) is 4.74 Å². The topological polar surface area (TPSA) is 9.23 Å². The van der Waals surface area contributed by atoms with Crippen molar-refractivity contribution in [2.45, 2.75) is 96.8 Å². The summed E-state index contributed by atoms with van der Waals surface area (Å²) in [5.41, 5.74) is 0.555. The zero-order valence-corrected chi connectivity index (χ0v) is 17.8. The Hall–Kier alpha value is -1.12. The van der Waals surface area contributed by atoms with E-state index in [-0.39, 0.29) is 11.7 Å². The third-order valence-electron chi connectivity index (χ3n) is 7.36. The van der Waals surface area contributed by atoms with Crippen molar-refractivity contribution in [2.24, 2.45) is 17.8 Å². The molecule has 0 spiro atoms. The van der Waals surface area contributed by atoms with Crippen molar-refractivity contribution in [3.8, 4) is 5.75 Å². The Kier molecular flexibility index (Phi) is 8.17. The molecule has 2 aliphatic rings. The van der Waals surface area contributed by atoms with Crippen LogP contribution in [0.4, 0.5) is 8.78 Å². The summed E-state index contributed by atoms with van der Waals surface area (Å²) < 4.78 is 33.9. The van der Waals surface area contributed by atoms with Gasteiger partial charge in [-0.1, -0.05) is 51.5 Å². The van der Waals surface area contributed by atoms with Crippen molar-refractivity contribution >= 4 is 0 Å². The molecule has 1 aromatic rings. The molecule has 0 heterocycles. The van der Waals surface area contributed by atoms with E-state index in [0.717, 1.165) is 30.6 Å². The Bertz CT molecular complexity index is 599. The molecule has 0 N–H and O–H groups in total. The zero-order chi connectivity index (χ0) is 19.9. The summed E-state index contributed by atoms with van der Waals surface area (Å²) >= 11 is 0. The van der Waals surface area contributed by atoms with Crippen molar-refractivity contribution in [3.63, 3.8) is 0 Å². The van der Waals surface area contributed by atoms with E-state index >= 15 is 0 Å². The average molecular weight is 393 g/mol. The minimum absolute atomic E-state index is 0.0353. The Morgan fingerprint density at radius 2 is 1.46 bits per heavy atom. The van der Waals surface area contributed by atoms with Crippen molar-refractivity contribution in [3.05, 3.63) is 29.3 Å². The van der Waals surface area contributed by atoms with Crippen LogP contribution in [0.5, 0.6) is 5.75 Å². The van der Waals surface area contributed by atoms with E-state index in [2.05, 4.69) is 6.92 Å². The molecule has 158 valence electrons. The smallest absolute Gasteiger partial charge is 0.200 e. The lowest BCUT2D eigenvalue weighted by Gasteiger charge is -2.38. The first kappa shape index (κ1) is 21.6. The van der Waals surface area contributed by atoms with Crippen LogP contribution in [-0.4, -0.2) is 6.61 Å². The number of hydrogen-bond donors (Lipinski definition) is 0. The van der Waals surface area contributed by atoms with Gasteiger partial charge in [0.1, 0.15) is 0 Å². The molecule has 0 aromatic heterocycles. The van der Waals surface area contributed by atoms with E-state index < -0.39 is 11.6 Å². The van der Waals surface area contributed by atoms with Crippen LogP contribution < -0.4 is 4.74 Å². The van der Waals surface area contributed by atoms with Gasteiger partial charge in [0, 0.05) is 0 Å². The normalized spacial score (nSPS) is 28.3. The molecular weight excluding hydrogens is 354 g/mol. The maximum atomic E-state index is 14.5. The second kappa shape index (κ2) is 10.6. The molecule has 0 saturated heterocycles. The fraction of sp³-hybridized carbons (Fsp3) is 0.760. The molecule has 0 radical (unpaired) electrons. The SMILES string of the molecule is CCCCCC1CCC(C2CCC(c3ccc(OCC)c(F)c3F)CC2)CC1. The highest BCUT2D eigenvalue weighted by Gasteiger charge is 2.32. The van der Waals surface area contributed by atoms with Gasteiger partial charge in [0.25, 0.3) is 0 Å². The molecule has 0 atom stereocenters. The number of hydrogen-bond acceptors (Lipinski definition) is 1. The lowest BCUT2D eigenvalue weighted by atomic mass is 9.68. The Labute approximate surface area is 170 Å². The maximum absolute atomic E-state index is 14.5. The van der Waals surface area contributed by atoms with Crippen molar-refractivity contribution in [2.75, 3.05) is 6.61 Å². The predicted molar refractivity (Wildman–Crippen MR) is 112 cm³/mol. The van der Waals surface area contributed by atoms with Crippen LogP contribution in [-0.2, 0) is 0 Å². The van der Waals surface area contributed by atoms with Crippen LogP contribution in [0.25, 0.3) is 0 Å². The van der Waals surface area contributed by atoms with Gasteiger partial charge in [0.05, 0.1) is 6.61 Å². The van der Waals surface area contributed by atoms with Crippen LogP contribution >= 0.6 is 0 Å². The summed E-state index contributed by atoms with van der Waals surface area (Å²) in [5.74, 6) is 1.30. The van der Waals surface area contributed by atoms with Crippen LogP contribution in [0, 0.1) is 29.4 Å². The first-order valence-corrected chi connectivity index (χ1v) is 11.7. The number of ether oxygens (including phenoxy) is 1. The molecule has 2 aliphatic carbocycles. The molecule has 0 aliphatic heterocycles. The van der Waals surface area contributed by atoms with Crippen LogP contribution in [0.1, 0.15) is 102 Å². The van der Waals surface area contributed by atoms with E-state index in [1.54, 1.807) is 19.1 Å². The largest absolute Gasteiger partial charge is 0.491 e. The maximum Gasteiger partial charge on any atom is 0.200 e. The van der Waals surface area contributed by atoms with Crippen LogP contribution in [0.15, 0.2) is 12.1 Å². The molecule has 0 amide bonds. The number of rotatable bonds is 8. The molecule has 3 heteroatoms. The minimum atomic E-state index is -0.817. The Balaban J connectivity index is 1.48. The van der Waals surface area contributed by atoms with Gasteiger partial charge < -0.3 is 4.74 Å². The van der Waals surface area contributed by atoms with Gasteiger partial charge in [0.15, 0.2) is 11.6 Å². The zero-order valence-electron chi connectivity index (χ0n) is 17.8. The minimum Gasteiger partial charge on any atom is -0.491 e. The fourth-order valence-electron chi connectivity index (χ4n) is 5.66. The summed E-state index contributed by atoms with van der Waals surface area (Å²) in [6.07, 6.45) is 15.4. The Morgan fingerprint density at radius 3 is 2.07 bits per heavy atom. The number of halogens is 2. The highest BCUT2D eigenvalue weighted by molar-refractivity contribution is 5.33. The molecule has 28 heavy (non-hydrogen) atoms. The molecule has 1 aromatic carbocycles. The van der Waals surface area contributed by atoms with Crippen LogP contribution in [0.3, 0.4) is 0 Å². The summed E-state index contributed by atoms with van der Waals surface area (Å²) in [4.78, 5) is 0. The standard InChI is InChI=1S/C25H38F2O/c1-3-5-6-7-18-8-10-19(11-9-18)20-12-14-21(15-13-20)22-16-17-23(28-4-2)25(27)24(22)26/h16-21H,3-15H2,1-2H3. The van der Waals surface area contributed by atoms with E-state index in [9.17, 15) is 8.78 Å². The van der Waals surface area contributed by atoms with Gasteiger partial charge >= 0.3 is 0 Å². The second-order valence-electron chi connectivity index (χ2n) is 9.10. The Morgan fingerprint density at radius 1 is 0.821 bits per heavy atom. The van der Waals surface area contributed by atoms with Crippen molar-refractivity contribution in [1.82, 2.24) is 0 Å². The number of unbranched alkanes of at least 4 members (excludes halogenated alkanes) is 2. The van der Waals surface area contributed by atoms with Gasteiger partial charge in [-0.15, -0.1) is 0 Å². The summed E-state index contributed by atoms with van der Waals surface area (Å²) in [5, 5.41) is 0. The van der Waals surface area contributed by atoms with E-state index in [1.165, 1.54) is 64.2 Å². The van der Waals surface area contributed by atoms with Crippen molar-refractivity contribution < 1.29 is 13.5 Å². The molecule has 2 saturated carbocycles. The third kappa shape index (κ3) is 5.27. The lowest BCUT2D eigenvalue weighted by molar-refractivity contribution is 0.155. The molecule has 0 bridgehead atoms. The predicted octanol–water partition coefficient (Wildman–Crippen LogP) is 8.02. The van der Waals surface area contributed by atoms with E-state index in [0.29, 0.717) is 12.2 Å². The summed E-state index contributed by atoms with van der Waals surface area (Å²) in [6, 6.07) is 3.35. The quantitative estimate of drug-likeness (QED) is 0.407. The monoisotopic (exact) mass is 392 g/mol. The van der Waals surface area contributed by atoms with Gasteiger partial charge in [-0.25, -0.2) is 4.39 Å². The second-order valence-corrected chi connectivity index (χ2v) is 9.10. The highest BCUT2D eigenvalue weighted by atomic mass is 19.2. The average Bonchev–Trinajstić information content (AvgIpc) is 2.73. The molecule has 2 fully saturated rings. The highest BCUT2D eigenvalue weighted by Crippen LogP contribution is 2.45. The summed E-state index contributed by atoms with van der Waals surface area (Å²) in [7, 11) is 0. The first-order valence-electron chi connectivity index (χ1n) is 11.7. The first-order chi connectivity index (χ1) is 13.6. The lowest BCUT2D eigenvalue weighted by Crippen LogP contribution is -2.25. The van der Waals surface area contributed by atoms with Gasteiger partial charge in [-0.2, -0.15) is 4.39 Å².